The first-order valence-corrected chi connectivity index (χ1v) is 7.45. The molecule has 3 heteroatoms. The Morgan fingerprint density at radius 2 is 1.95 bits per heavy atom. The van der Waals surface area contributed by atoms with Crippen LogP contribution in [0.3, 0.4) is 0 Å². The topological polar surface area (TPSA) is 27.3 Å². The van der Waals surface area contributed by atoms with Crippen LogP contribution >= 0.6 is 0 Å². The van der Waals surface area contributed by atoms with E-state index in [4.69, 9.17) is 0 Å². The molecule has 2 rings (SSSR count). The van der Waals surface area contributed by atoms with E-state index >= 15 is 0 Å². The summed E-state index contributed by atoms with van der Waals surface area (Å²) in [6.45, 7) is 12.4. The van der Waals surface area contributed by atoms with Crippen LogP contribution in [0.4, 0.5) is 0 Å². The van der Waals surface area contributed by atoms with Gasteiger partial charge >= 0.3 is 0 Å². The number of nitrogens with zero attached hydrogens (tertiary/aromatic N) is 1. The summed E-state index contributed by atoms with van der Waals surface area (Å²) >= 11 is 0. The highest BCUT2D eigenvalue weighted by Crippen LogP contribution is 2.09. The molecule has 0 spiro atoms. The quantitative estimate of drug-likeness (QED) is 0.763. The lowest BCUT2D eigenvalue weighted by molar-refractivity contribution is 0.237. The fraction of sp³-hybridized carbons (Fsp3) is 0.625. The summed E-state index contributed by atoms with van der Waals surface area (Å²) in [5.41, 5.74) is 4.16. The van der Waals surface area contributed by atoms with E-state index in [0.29, 0.717) is 0 Å². The Bertz CT molecular complexity index is 384. The number of hydrogen-bond acceptors (Lipinski definition) is 3. The molecule has 1 aliphatic rings. The molecule has 0 radical (unpaired) electrons. The maximum absolute atomic E-state index is 3.55. The minimum Gasteiger partial charge on any atom is -0.314 e. The maximum Gasteiger partial charge on any atom is 0.0205 e. The van der Waals surface area contributed by atoms with Gasteiger partial charge in [-0.3, -0.25) is 0 Å². The van der Waals surface area contributed by atoms with Gasteiger partial charge in [-0.05, 0) is 50.0 Å². The number of piperazine rings is 1. The number of rotatable bonds is 6. The predicted octanol–water partition coefficient (Wildman–Crippen LogP) is 1.69. The van der Waals surface area contributed by atoms with E-state index < -0.39 is 0 Å². The highest BCUT2D eigenvalue weighted by Gasteiger charge is 2.07. The Labute approximate surface area is 117 Å². The van der Waals surface area contributed by atoms with Crippen LogP contribution in [0.25, 0.3) is 0 Å². The van der Waals surface area contributed by atoms with Crippen molar-refractivity contribution in [3.63, 3.8) is 0 Å². The van der Waals surface area contributed by atoms with Crippen molar-refractivity contribution in [3.8, 4) is 0 Å². The van der Waals surface area contributed by atoms with Crippen LogP contribution < -0.4 is 10.6 Å². The Hall–Kier alpha value is -0.900. The van der Waals surface area contributed by atoms with Crippen molar-refractivity contribution in [2.75, 3.05) is 39.3 Å². The maximum atomic E-state index is 3.55. The van der Waals surface area contributed by atoms with Crippen LogP contribution in [0.5, 0.6) is 0 Å². The molecule has 1 aliphatic heterocycles. The van der Waals surface area contributed by atoms with E-state index in [2.05, 4.69) is 47.6 Å². The molecule has 106 valence electrons. The second-order valence-corrected chi connectivity index (χ2v) is 5.54. The average Bonchev–Trinajstić information content (AvgIpc) is 2.43. The Morgan fingerprint density at radius 3 is 2.68 bits per heavy atom. The SMILES string of the molecule is Cc1ccc(CNCCCN2CCNCC2)cc1C. The third-order valence-electron chi connectivity index (χ3n) is 3.94. The molecule has 0 unspecified atom stereocenters. The van der Waals surface area contributed by atoms with Crippen LogP contribution in [0.1, 0.15) is 23.1 Å². The lowest BCUT2D eigenvalue weighted by Gasteiger charge is -2.27. The average molecular weight is 261 g/mol. The summed E-state index contributed by atoms with van der Waals surface area (Å²) in [6, 6.07) is 6.73. The normalized spacial score (nSPS) is 16.7. The molecule has 2 N–H and O–H groups in total. The highest BCUT2D eigenvalue weighted by molar-refractivity contribution is 5.29. The van der Waals surface area contributed by atoms with Gasteiger partial charge in [0.25, 0.3) is 0 Å². The van der Waals surface area contributed by atoms with Crippen molar-refractivity contribution in [1.82, 2.24) is 15.5 Å². The molecular weight excluding hydrogens is 234 g/mol. The van der Waals surface area contributed by atoms with E-state index in [1.807, 2.05) is 0 Å². The second kappa shape index (κ2) is 7.63. The smallest absolute Gasteiger partial charge is 0.0205 e. The fourth-order valence-corrected chi connectivity index (χ4v) is 2.51. The van der Waals surface area contributed by atoms with Gasteiger partial charge < -0.3 is 15.5 Å². The van der Waals surface area contributed by atoms with Crippen molar-refractivity contribution in [2.45, 2.75) is 26.8 Å². The van der Waals surface area contributed by atoms with Crippen LogP contribution in [0, 0.1) is 13.8 Å². The van der Waals surface area contributed by atoms with Crippen LogP contribution in [0.15, 0.2) is 18.2 Å². The largest absolute Gasteiger partial charge is 0.314 e. The van der Waals surface area contributed by atoms with Crippen LogP contribution in [-0.4, -0.2) is 44.2 Å². The van der Waals surface area contributed by atoms with Crippen molar-refractivity contribution >= 4 is 0 Å². The molecule has 3 nitrogen and oxygen atoms in total. The van der Waals surface area contributed by atoms with Crippen molar-refractivity contribution in [3.05, 3.63) is 34.9 Å². The second-order valence-electron chi connectivity index (χ2n) is 5.54. The zero-order chi connectivity index (χ0) is 13.5. The third kappa shape index (κ3) is 4.94. The monoisotopic (exact) mass is 261 g/mol. The first kappa shape index (κ1) is 14.5. The van der Waals surface area contributed by atoms with E-state index in [1.54, 1.807) is 0 Å². The standard InChI is InChI=1S/C16H27N3/c1-14-4-5-16(12-15(14)2)13-18-6-3-9-19-10-7-17-8-11-19/h4-5,12,17-18H,3,6-11,13H2,1-2H3. The van der Waals surface area contributed by atoms with Gasteiger partial charge in [-0.15, -0.1) is 0 Å². The van der Waals surface area contributed by atoms with E-state index in [1.165, 1.54) is 42.7 Å². The molecule has 1 aromatic carbocycles. The van der Waals surface area contributed by atoms with Gasteiger partial charge in [0, 0.05) is 32.7 Å². The third-order valence-corrected chi connectivity index (χ3v) is 3.94. The molecule has 0 bridgehead atoms. The Morgan fingerprint density at radius 1 is 1.16 bits per heavy atom. The Balaban J connectivity index is 1.59. The van der Waals surface area contributed by atoms with Crippen molar-refractivity contribution < 1.29 is 0 Å². The molecule has 19 heavy (non-hydrogen) atoms. The van der Waals surface area contributed by atoms with Crippen LogP contribution in [-0.2, 0) is 6.54 Å². The van der Waals surface area contributed by atoms with E-state index in [-0.39, 0.29) is 0 Å². The summed E-state index contributed by atoms with van der Waals surface area (Å²) in [4.78, 5) is 2.55. The van der Waals surface area contributed by atoms with Crippen molar-refractivity contribution in [2.24, 2.45) is 0 Å². The van der Waals surface area contributed by atoms with Gasteiger partial charge in [-0.2, -0.15) is 0 Å². The molecule has 0 aliphatic carbocycles. The first-order valence-electron chi connectivity index (χ1n) is 7.45. The molecule has 0 saturated carbocycles. The zero-order valence-corrected chi connectivity index (χ0v) is 12.3. The molecule has 0 aromatic heterocycles. The summed E-state index contributed by atoms with van der Waals surface area (Å²) in [5, 5.41) is 6.94. The number of hydrogen-bond donors (Lipinski definition) is 2. The van der Waals surface area contributed by atoms with Crippen LogP contribution in [0.2, 0.25) is 0 Å². The minimum atomic E-state index is 0.989. The molecule has 1 heterocycles. The number of nitrogens with one attached hydrogen (secondary N) is 2. The van der Waals surface area contributed by atoms with Gasteiger partial charge in [0.15, 0.2) is 0 Å². The summed E-state index contributed by atoms with van der Waals surface area (Å²) < 4.78 is 0. The molecule has 1 fully saturated rings. The highest BCUT2D eigenvalue weighted by atomic mass is 15.2. The van der Waals surface area contributed by atoms with Gasteiger partial charge in [0.05, 0.1) is 0 Å². The van der Waals surface area contributed by atoms with Crippen molar-refractivity contribution in [1.29, 1.82) is 0 Å². The molecule has 0 amide bonds. The van der Waals surface area contributed by atoms with Gasteiger partial charge in [0.1, 0.15) is 0 Å². The fourth-order valence-electron chi connectivity index (χ4n) is 2.51. The summed E-state index contributed by atoms with van der Waals surface area (Å²) in [5.74, 6) is 0. The number of aryl methyl sites for hydroxylation is 2. The van der Waals surface area contributed by atoms with Gasteiger partial charge in [0.2, 0.25) is 0 Å². The summed E-state index contributed by atoms with van der Waals surface area (Å²) in [6.07, 6.45) is 1.24. The lowest BCUT2D eigenvalue weighted by atomic mass is 10.1. The predicted molar refractivity (Wildman–Crippen MR) is 81.5 cm³/mol. The molecule has 0 atom stereocenters. The zero-order valence-electron chi connectivity index (χ0n) is 12.3. The van der Waals surface area contributed by atoms with Gasteiger partial charge in [-0.1, -0.05) is 18.2 Å². The van der Waals surface area contributed by atoms with E-state index in [9.17, 15) is 0 Å². The minimum absolute atomic E-state index is 0.989. The molecular formula is C16H27N3. The summed E-state index contributed by atoms with van der Waals surface area (Å²) in [7, 11) is 0. The molecule has 1 saturated heterocycles. The van der Waals surface area contributed by atoms with Gasteiger partial charge in [-0.25, -0.2) is 0 Å². The number of benzene rings is 1. The lowest BCUT2D eigenvalue weighted by Crippen LogP contribution is -2.44. The van der Waals surface area contributed by atoms with E-state index in [0.717, 1.165) is 26.2 Å². The Kier molecular flexibility index (Phi) is 5.83. The first-order chi connectivity index (χ1) is 9.25. The molecule has 1 aromatic rings.